The largest absolute Gasteiger partial charge is 0.400 e. The van der Waals surface area contributed by atoms with Gasteiger partial charge in [-0.15, -0.1) is 12.8 Å². The van der Waals surface area contributed by atoms with E-state index in [0.717, 1.165) is 13.2 Å². The average molecular weight is 171 g/mol. The maximum Gasteiger partial charge on any atom is 0.0319 e. The molecule has 0 amide bonds. The van der Waals surface area contributed by atoms with E-state index in [-0.39, 0.29) is 0 Å². The predicted molar refractivity (Wildman–Crippen MR) is 54.0 cm³/mol. The predicted octanol–water partition coefficient (Wildman–Crippen LogP) is 1.40. The molecule has 1 aliphatic carbocycles. The minimum Gasteiger partial charge on any atom is -0.400 e. The van der Waals surface area contributed by atoms with Gasteiger partial charge in [-0.1, -0.05) is 19.3 Å². The third-order valence-corrected chi connectivity index (χ3v) is 2.01. The van der Waals surface area contributed by atoms with Crippen LogP contribution in [-0.2, 0) is 0 Å². The second-order valence-electron chi connectivity index (χ2n) is 2.62. The molecule has 0 bridgehead atoms. The van der Waals surface area contributed by atoms with Crippen LogP contribution in [0.1, 0.15) is 32.1 Å². The lowest BCUT2D eigenvalue weighted by atomic mass is 9.96. The molecule has 2 N–H and O–H groups in total. The van der Waals surface area contributed by atoms with Crippen molar-refractivity contribution in [2.45, 2.75) is 38.1 Å². The van der Waals surface area contributed by atoms with E-state index >= 15 is 0 Å². The highest BCUT2D eigenvalue weighted by molar-refractivity contribution is 4.68. The molecule has 2 heteroatoms. The van der Waals surface area contributed by atoms with E-state index in [1.807, 2.05) is 0 Å². The monoisotopic (exact) mass is 171 g/mol. The van der Waals surface area contributed by atoms with Crippen molar-refractivity contribution in [1.82, 2.24) is 5.32 Å². The molecule has 72 valence electrons. The van der Waals surface area contributed by atoms with Gasteiger partial charge < -0.3 is 10.4 Å². The summed E-state index contributed by atoms with van der Waals surface area (Å²) in [6.45, 7) is 0. The molecule has 1 saturated carbocycles. The molecule has 2 nitrogen and oxygen atoms in total. The Hall–Kier alpha value is -0.520. The van der Waals surface area contributed by atoms with Crippen LogP contribution in [0.15, 0.2) is 0 Å². The molecule has 1 aliphatic rings. The molecule has 1 fully saturated rings. The highest BCUT2D eigenvalue weighted by atomic mass is 16.2. The summed E-state index contributed by atoms with van der Waals surface area (Å²) in [6.07, 6.45) is 15.1. The maximum absolute atomic E-state index is 7.00. The van der Waals surface area contributed by atoms with E-state index in [0.29, 0.717) is 0 Å². The fraction of sp³-hybridized carbons (Fsp3) is 0.800. The summed E-state index contributed by atoms with van der Waals surface area (Å²) < 4.78 is 0. The summed E-state index contributed by atoms with van der Waals surface area (Å²) in [6, 6.07) is 0.837. The number of rotatable bonds is 1. The van der Waals surface area contributed by atoms with Crippen LogP contribution in [0.4, 0.5) is 0 Å². The Labute approximate surface area is 76.4 Å². The Kier molecular flexibility index (Phi) is 15.3. The lowest BCUT2D eigenvalue weighted by molar-refractivity contribution is 0.394. The van der Waals surface area contributed by atoms with Crippen LogP contribution in [0.2, 0.25) is 0 Å². The maximum atomic E-state index is 7.00. The van der Waals surface area contributed by atoms with Crippen LogP contribution in [0.5, 0.6) is 0 Å². The van der Waals surface area contributed by atoms with Crippen molar-refractivity contribution in [3.63, 3.8) is 0 Å². The minimum absolute atomic E-state index is 0.837. The van der Waals surface area contributed by atoms with E-state index in [1.54, 1.807) is 0 Å². The van der Waals surface area contributed by atoms with Crippen molar-refractivity contribution >= 4 is 0 Å². The van der Waals surface area contributed by atoms with Gasteiger partial charge in [0.2, 0.25) is 0 Å². The van der Waals surface area contributed by atoms with E-state index in [9.17, 15) is 0 Å². The van der Waals surface area contributed by atoms with Gasteiger partial charge in [-0.2, -0.15) is 0 Å². The molecule has 0 atom stereocenters. The zero-order valence-corrected chi connectivity index (χ0v) is 8.21. The van der Waals surface area contributed by atoms with Crippen LogP contribution in [-0.4, -0.2) is 25.3 Å². The molecule has 0 aromatic heterocycles. The van der Waals surface area contributed by atoms with Gasteiger partial charge in [-0.05, 0) is 19.9 Å². The highest BCUT2D eigenvalue weighted by Crippen LogP contribution is 2.16. The van der Waals surface area contributed by atoms with Gasteiger partial charge in [-0.3, -0.25) is 0 Å². The Morgan fingerprint density at radius 2 is 1.50 bits per heavy atom. The molecule has 0 aliphatic heterocycles. The summed E-state index contributed by atoms with van der Waals surface area (Å²) in [5.41, 5.74) is 0. The Bertz CT molecular complexity index is 85.1. The summed E-state index contributed by atoms with van der Waals surface area (Å²) in [7, 11) is 3.07. The first-order valence-electron chi connectivity index (χ1n) is 4.39. The summed E-state index contributed by atoms with van der Waals surface area (Å²) in [5, 5.41) is 10.3. The number of aliphatic hydroxyl groups is 1. The van der Waals surface area contributed by atoms with Crippen LogP contribution >= 0.6 is 0 Å². The van der Waals surface area contributed by atoms with Crippen molar-refractivity contribution in [3.05, 3.63) is 0 Å². The average Bonchev–Trinajstić information content (AvgIpc) is 2.25. The van der Waals surface area contributed by atoms with Crippen LogP contribution in [0.25, 0.3) is 0 Å². The number of hydrogen-bond donors (Lipinski definition) is 2. The van der Waals surface area contributed by atoms with E-state index in [1.165, 1.54) is 32.1 Å². The molecule has 0 aromatic rings. The molecule has 0 saturated heterocycles. The normalized spacial score (nSPS) is 16.4. The second-order valence-corrected chi connectivity index (χ2v) is 2.62. The standard InChI is InChI=1S/C7H15N.C2H2.CH4O/c1-8-7-5-3-2-4-6-7;2*1-2/h7-8H,2-6H2,1H3;1-2H;2H,1H3. The van der Waals surface area contributed by atoms with Crippen LogP contribution in [0, 0.1) is 12.8 Å². The summed E-state index contributed by atoms with van der Waals surface area (Å²) in [5.74, 6) is 0. The Morgan fingerprint density at radius 1 is 1.08 bits per heavy atom. The first-order valence-corrected chi connectivity index (χ1v) is 4.39. The summed E-state index contributed by atoms with van der Waals surface area (Å²) in [4.78, 5) is 0. The summed E-state index contributed by atoms with van der Waals surface area (Å²) >= 11 is 0. The van der Waals surface area contributed by atoms with Gasteiger partial charge in [0.05, 0.1) is 0 Å². The van der Waals surface area contributed by atoms with Crippen LogP contribution in [0.3, 0.4) is 0 Å². The molecular weight excluding hydrogens is 150 g/mol. The van der Waals surface area contributed by atoms with Gasteiger partial charge in [0.25, 0.3) is 0 Å². The van der Waals surface area contributed by atoms with Crippen molar-refractivity contribution < 1.29 is 5.11 Å². The molecule has 0 unspecified atom stereocenters. The topological polar surface area (TPSA) is 32.3 Å². The third-order valence-electron chi connectivity index (χ3n) is 2.01. The van der Waals surface area contributed by atoms with Gasteiger partial charge in [0.1, 0.15) is 0 Å². The third kappa shape index (κ3) is 7.59. The van der Waals surface area contributed by atoms with E-state index in [2.05, 4.69) is 25.2 Å². The lowest BCUT2D eigenvalue weighted by Crippen LogP contribution is -2.26. The molecule has 1 rings (SSSR count). The minimum atomic E-state index is 0.837. The van der Waals surface area contributed by atoms with Gasteiger partial charge in [0, 0.05) is 13.2 Å². The van der Waals surface area contributed by atoms with E-state index < -0.39 is 0 Å². The number of aliphatic hydroxyl groups excluding tert-OH is 1. The van der Waals surface area contributed by atoms with Crippen molar-refractivity contribution in [2.75, 3.05) is 14.2 Å². The fourth-order valence-corrected chi connectivity index (χ4v) is 1.39. The molecule has 0 spiro atoms. The Balaban J connectivity index is 0. The van der Waals surface area contributed by atoms with Crippen LogP contribution < -0.4 is 5.32 Å². The molecule has 0 heterocycles. The van der Waals surface area contributed by atoms with Crippen molar-refractivity contribution in [3.8, 4) is 12.8 Å². The molecule has 0 aromatic carbocycles. The van der Waals surface area contributed by atoms with Gasteiger partial charge in [0.15, 0.2) is 0 Å². The Morgan fingerprint density at radius 3 is 1.75 bits per heavy atom. The smallest absolute Gasteiger partial charge is 0.0319 e. The quantitative estimate of drug-likeness (QED) is 0.584. The first kappa shape index (κ1) is 14.0. The first-order chi connectivity index (χ1) is 5.93. The van der Waals surface area contributed by atoms with E-state index in [4.69, 9.17) is 5.11 Å². The van der Waals surface area contributed by atoms with Crippen molar-refractivity contribution in [2.24, 2.45) is 0 Å². The number of hydrogen-bond acceptors (Lipinski definition) is 2. The van der Waals surface area contributed by atoms with Gasteiger partial charge in [-0.25, -0.2) is 0 Å². The zero-order valence-electron chi connectivity index (χ0n) is 8.21. The van der Waals surface area contributed by atoms with Gasteiger partial charge >= 0.3 is 0 Å². The second kappa shape index (κ2) is 13.1. The molecule has 0 radical (unpaired) electrons. The molecule has 12 heavy (non-hydrogen) atoms. The lowest BCUT2D eigenvalue weighted by Gasteiger charge is -2.20. The highest BCUT2D eigenvalue weighted by Gasteiger charge is 2.09. The van der Waals surface area contributed by atoms with Crippen molar-refractivity contribution in [1.29, 1.82) is 0 Å². The number of nitrogens with one attached hydrogen (secondary N) is 1. The number of terminal acetylenes is 1. The fourth-order valence-electron chi connectivity index (χ4n) is 1.39. The molecular formula is C10H21NO. The SMILES string of the molecule is C#C.CNC1CCCCC1.CO. The zero-order chi connectivity index (χ0) is 9.82.